The minimum absolute atomic E-state index is 0.0500. The van der Waals surface area contributed by atoms with Crippen LogP contribution in [0.15, 0.2) is 54.6 Å². The number of hydrogen-bond acceptors (Lipinski definition) is 4. The van der Waals surface area contributed by atoms with Gasteiger partial charge in [-0.1, -0.05) is 36.4 Å². The molecule has 1 N–H and O–H groups in total. The van der Waals surface area contributed by atoms with Gasteiger partial charge in [0.2, 0.25) is 21.8 Å². The Balaban J connectivity index is 1.60. The van der Waals surface area contributed by atoms with Crippen LogP contribution in [0.1, 0.15) is 18.4 Å². The van der Waals surface area contributed by atoms with Gasteiger partial charge in [-0.25, -0.2) is 8.42 Å². The second kappa shape index (κ2) is 9.30. The summed E-state index contributed by atoms with van der Waals surface area (Å²) in [6, 6.07) is 16.4. The molecular formula is C22H27N3O4S. The van der Waals surface area contributed by atoms with Gasteiger partial charge in [-0.3, -0.25) is 13.9 Å². The molecule has 3 rings (SSSR count). The maximum atomic E-state index is 12.8. The van der Waals surface area contributed by atoms with Crippen LogP contribution in [0.2, 0.25) is 0 Å². The Morgan fingerprint density at radius 1 is 1.03 bits per heavy atom. The molecule has 8 heteroatoms. The number of aryl methyl sites for hydroxylation is 1. The fourth-order valence-electron chi connectivity index (χ4n) is 3.60. The molecule has 0 atom stereocenters. The van der Waals surface area contributed by atoms with Crippen LogP contribution in [0.4, 0.5) is 11.4 Å². The summed E-state index contributed by atoms with van der Waals surface area (Å²) in [4.78, 5) is 26.9. The summed E-state index contributed by atoms with van der Waals surface area (Å²) in [6.45, 7) is 2.42. The summed E-state index contributed by atoms with van der Waals surface area (Å²) in [7, 11) is -3.61. The van der Waals surface area contributed by atoms with E-state index in [1.807, 2.05) is 49.4 Å². The predicted molar refractivity (Wildman–Crippen MR) is 118 cm³/mol. The fourth-order valence-corrected chi connectivity index (χ4v) is 4.51. The highest BCUT2D eigenvalue weighted by Crippen LogP contribution is 2.24. The summed E-state index contributed by atoms with van der Waals surface area (Å²) in [5.74, 6) is -0.479. The molecular weight excluding hydrogens is 402 g/mol. The standard InChI is InChI=1S/C22H27N3O4S/c1-17-8-6-7-11-20(17)25(30(2,28)29)16-21(26)24-14-12-18(13-15-24)22(27)23-19-9-4-3-5-10-19/h3-11,18H,12-16H2,1-2H3,(H,23,27). The van der Waals surface area contributed by atoms with Gasteiger partial charge in [0.1, 0.15) is 6.54 Å². The molecule has 2 aromatic rings. The number of sulfonamides is 1. The Morgan fingerprint density at radius 2 is 1.63 bits per heavy atom. The van der Waals surface area contributed by atoms with Crippen LogP contribution in [0.5, 0.6) is 0 Å². The smallest absolute Gasteiger partial charge is 0.243 e. The van der Waals surface area contributed by atoms with Gasteiger partial charge in [0.05, 0.1) is 11.9 Å². The highest BCUT2D eigenvalue weighted by atomic mass is 32.2. The van der Waals surface area contributed by atoms with Crippen molar-refractivity contribution in [1.82, 2.24) is 4.90 Å². The van der Waals surface area contributed by atoms with Crippen LogP contribution in [0, 0.1) is 12.8 Å². The largest absolute Gasteiger partial charge is 0.341 e. The van der Waals surface area contributed by atoms with Crippen molar-refractivity contribution in [2.75, 3.05) is 35.5 Å². The Morgan fingerprint density at radius 3 is 2.23 bits per heavy atom. The predicted octanol–water partition coefficient (Wildman–Crippen LogP) is 2.64. The number of benzene rings is 2. The summed E-state index contributed by atoms with van der Waals surface area (Å²) in [5, 5.41) is 2.91. The molecule has 0 bridgehead atoms. The lowest BCUT2D eigenvalue weighted by Crippen LogP contribution is -2.47. The first-order valence-electron chi connectivity index (χ1n) is 9.93. The van der Waals surface area contributed by atoms with Crippen molar-refractivity contribution in [1.29, 1.82) is 0 Å². The average Bonchev–Trinajstić information content (AvgIpc) is 2.72. The Labute approximate surface area is 177 Å². The van der Waals surface area contributed by atoms with Gasteiger partial charge in [0.15, 0.2) is 0 Å². The molecule has 2 aromatic carbocycles. The van der Waals surface area contributed by atoms with Gasteiger partial charge >= 0.3 is 0 Å². The van der Waals surface area contributed by atoms with E-state index >= 15 is 0 Å². The van der Waals surface area contributed by atoms with Crippen molar-refractivity contribution in [3.8, 4) is 0 Å². The number of carbonyl (C=O) groups is 2. The third-order valence-corrected chi connectivity index (χ3v) is 6.45. The quantitative estimate of drug-likeness (QED) is 0.765. The molecule has 0 radical (unpaired) electrons. The second-order valence-electron chi connectivity index (χ2n) is 7.57. The number of nitrogens with one attached hydrogen (secondary N) is 1. The Kier molecular flexibility index (Phi) is 6.77. The van der Waals surface area contributed by atoms with Gasteiger partial charge < -0.3 is 10.2 Å². The zero-order valence-corrected chi connectivity index (χ0v) is 18.1. The fraction of sp³-hybridized carbons (Fsp3) is 0.364. The number of amides is 2. The molecule has 7 nitrogen and oxygen atoms in total. The molecule has 160 valence electrons. The first kappa shape index (κ1) is 21.8. The molecule has 1 saturated heterocycles. The number of para-hydroxylation sites is 2. The molecule has 1 heterocycles. The van der Waals surface area contributed by atoms with Crippen LogP contribution < -0.4 is 9.62 Å². The third kappa shape index (κ3) is 5.38. The van der Waals surface area contributed by atoms with E-state index in [-0.39, 0.29) is 24.3 Å². The van der Waals surface area contributed by atoms with Crippen LogP contribution in [-0.2, 0) is 19.6 Å². The summed E-state index contributed by atoms with van der Waals surface area (Å²) in [5.41, 5.74) is 2.04. The number of nitrogens with zero attached hydrogens (tertiary/aromatic N) is 2. The number of anilines is 2. The number of carbonyl (C=O) groups excluding carboxylic acids is 2. The highest BCUT2D eigenvalue weighted by Gasteiger charge is 2.30. The number of rotatable bonds is 6. The van der Waals surface area contributed by atoms with Crippen molar-refractivity contribution < 1.29 is 18.0 Å². The lowest BCUT2D eigenvalue weighted by Gasteiger charge is -2.33. The second-order valence-corrected chi connectivity index (χ2v) is 9.47. The van der Waals surface area contributed by atoms with E-state index in [4.69, 9.17) is 0 Å². The normalized spacial score (nSPS) is 14.9. The molecule has 0 saturated carbocycles. The Hall–Kier alpha value is -2.87. The van der Waals surface area contributed by atoms with Gasteiger partial charge in [0.25, 0.3) is 0 Å². The zero-order valence-electron chi connectivity index (χ0n) is 17.2. The first-order valence-corrected chi connectivity index (χ1v) is 11.8. The minimum Gasteiger partial charge on any atom is -0.341 e. The zero-order chi connectivity index (χ0) is 21.7. The summed E-state index contributed by atoms with van der Waals surface area (Å²) < 4.78 is 25.8. The molecule has 2 amide bonds. The topological polar surface area (TPSA) is 86.8 Å². The van der Waals surface area contributed by atoms with E-state index in [9.17, 15) is 18.0 Å². The van der Waals surface area contributed by atoms with Crippen molar-refractivity contribution in [3.63, 3.8) is 0 Å². The molecule has 1 fully saturated rings. The molecule has 0 unspecified atom stereocenters. The Bertz CT molecular complexity index is 1000. The van der Waals surface area contributed by atoms with E-state index in [0.29, 0.717) is 31.6 Å². The summed E-state index contributed by atoms with van der Waals surface area (Å²) >= 11 is 0. The molecule has 0 aromatic heterocycles. The molecule has 0 spiro atoms. The van der Waals surface area contributed by atoms with Crippen LogP contribution >= 0.6 is 0 Å². The van der Waals surface area contributed by atoms with Crippen LogP contribution in [-0.4, -0.2) is 51.0 Å². The lowest BCUT2D eigenvalue weighted by molar-refractivity contribution is -0.133. The monoisotopic (exact) mass is 429 g/mol. The van der Waals surface area contributed by atoms with E-state index in [0.717, 1.165) is 21.8 Å². The van der Waals surface area contributed by atoms with E-state index in [1.54, 1.807) is 17.0 Å². The van der Waals surface area contributed by atoms with Crippen LogP contribution in [0.25, 0.3) is 0 Å². The van der Waals surface area contributed by atoms with E-state index < -0.39 is 10.0 Å². The lowest BCUT2D eigenvalue weighted by atomic mass is 9.95. The van der Waals surface area contributed by atoms with E-state index in [2.05, 4.69) is 5.32 Å². The number of hydrogen-bond donors (Lipinski definition) is 1. The van der Waals surface area contributed by atoms with Gasteiger partial charge in [0, 0.05) is 24.7 Å². The first-order chi connectivity index (χ1) is 14.3. The van der Waals surface area contributed by atoms with E-state index in [1.165, 1.54) is 0 Å². The number of likely N-dealkylation sites (tertiary alicyclic amines) is 1. The maximum Gasteiger partial charge on any atom is 0.243 e. The highest BCUT2D eigenvalue weighted by molar-refractivity contribution is 7.92. The molecule has 0 aliphatic carbocycles. The average molecular weight is 430 g/mol. The molecule has 30 heavy (non-hydrogen) atoms. The molecule has 1 aliphatic rings. The summed E-state index contributed by atoms with van der Waals surface area (Å²) in [6.07, 6.45) is 2.20. The van der Waals surface area contributed by atoms with Crippen LogP contribution in [0.3, 0.4) is 0 Å². The third-order valence-electron chi connectivity index (χ3n) is 5.32. The minimum atomic E-state index is -3.61. The van der Waals surface area contributed by atoms with Crippen molar-refractivity contribution in [3.05, 3.63) is 60.2 Å². The number of piperidine rings is 1. The van der Waals surface area contributed by atoms with Gasteiger partial charge in [-0.2, -0.15) is 0 Å². The van der Waals surface area contributed by atoms with Crippen molar-refractivity contribution in [2.24, 2.45) is 5.92 Å². The molecule has 1 aliphatic heterocycles. The van der Waals surface area contributed by atoms with Crippen molar-refractivity contribution >= 4 is 33.2 Å². The van der Waals surface area contributed by atoms with Crippen molar-refractivity contribution in [2.45, 2.75) is 19.8 Å². The van der Waals surface area contributed by atoms with Gasteiger partial charge in [-0.05, 0) is 43.5 Å². The maximum absolute atomic E-state index is 12.8. The van der Waals surface area contributed by atoms with Gasteiger partial charge in [-0.15, -0.1) is 0 Å². The SMILES string of the molecule is Cc1ccccc1N(CC(=O)N1CCC(C(=O)Nc2ccccc2)CC1)S(C)(=O)=O.